The SMILES string of the molecule is COCP(=O)(N[C@@H](C)C(=O)O)Oc1ccc([N+](=O)[O-])cc1. The van der Waals surface area contributed by atoms with Crippen molar-refractivity contribution in [3.05, 3.63) is 34.4 Å². The summed E-state index contributed by atoms with van der Waals surface area (Å²) in [5.74, 6) is -1.09. The van der Waals surface area contributed by atoms with Crippen LogP contribution in [0.1, 0.15) is 6.92 Å². The summed E-state index contributed by atoms with van der Waals surface area (Å²) in [5, 5.41) is 21.7. The van der Waals surface area contributed by atoms with Crippen LogP contribution in [0.2, 0.25) is 0 Å². The van der Waals surface area contributed by atoms with Crippen LogP contribution in [-0.4, -0.2) is 35.5 Å². The van der Waals surface area contributed by atoms with E-state index in [0.717, 1.165) is 0 Å². The minimum Gasteiger partial charge on any atom is -0.480 e. The maximum atomic E-state index is 12.5. The van der Waals surface area contributed by atoms with Crippen molar-refractivity contribution in [2.24, 2.45) is 0 Å². The minimum absolute atomic E-state index is 0.103. The molecule has 0 amide bonds. The van der Waals surface area contributed by atoms with Gasteiger partial charge < -0.3 is 14.4 Å². The third-order valence-corrected chi connectivity index (χ3v) is 4.24. The van der Waals surface area contributed by atoms with Crippen LogP contribution in [0, 0.1) is 10.1 Å². The Morgan fingerprint density at radius 1 is 1.48 bits per heavy atom. The van der Waals surface area contributed by atoms with Crippen molar-refractivity contribution >= 4 is 19.2 Å². The number of benzene rings is 1. The molecule has 1 aromatic carbocycles. The fourth-order valence-corrected chi connectivity index (χ4v) is 3.09. The van der Waals surface area contributed by atoms with Gasteiger partial charge in [-0.25, -0.2) is 5.09 Å². The standard InChI is InChI=1S/C11H15N2O7P/c1-8(11(14)15)12-21(18,7-19-2)20-10-5-3-9(4-6-10)13(16)17/h3-6,8H,7H2,1-2H3,(H,12,18)(H,14,15)/t8-,21?/m0/s1. The molecule has 9 nitrogen and oxygen atoms in total. The molecule has 21 heavy (non-hydrogen) atoms. The molecule has 0 saturated carbocycles. The highest BCUT2D eigenvalue weighted by Gasteiger charge is 2.29. The number of carboxylic acid groups (broad SMARTS) is 1. The van der Waals surface area contributed by atoms with Gasteiger partial charge >= 0.3 is 13.5 Å². The fourth-order valence-electron chi connectivity index (χ4n) is 1.41. The molecule has 0 saturated heterocycles. The van der Waals surface area contributed by atoms with Crippen molar-refractivity contribution in [2.75, 3.05) is 13.5 Å². The predicted molar refractivity (Wildman–Crippen MR) is 73.4 cm³/mol. The second kappa shape index (κ2) is 7.16. The van der Waals surface area contributed by atoms with E-state index in [4.69, 9.17) is 14.4 Å². The van der Waals surface area contributed by atoms with Gasteiger partial charge in [0.1, 0.15) is 18.1 Å². The lowest BCUT2D eigenvalue weighted by Gasteiger charge is -2.21. The third-order valence-electron chi connectivity index (χ3n) is 2.36. The molecule has 0 aromatic heterocycles. The number of hydrogen-bond acceptors (Lipinski definition) is 6. The largest absolute Gasteiger partial charge is 0.480 e. The first kappa shape index (κ1) is 17.1. The third kappa shape index (κ3) is 5.14. The maximum absolute atomic E-state index is 12.5. The normalized spacial score (nSPS) is 15.0. The molecule has 0 bridgehead atoms. The van der Waals surface area contributed by atoms with Gasteiger partial charge in [-0.05, 0) is 19.1 Å². The number of nitrogens with zero attached hydrogens (tertiary/aromatic N) is 1. The number of non-ortho nitro benzene ring substituents is 1. The molecule has 0 spiro atoms. The van der Waals surface area contributed by atoms with E-state index in [9.17, 15) is 19.5 Å². The van der Waals surface area contributed by atoms with Crippen LogP contribution in [0.4, 0.5) is 5.69 Å². The number of nitro benzene ring substituents is 1. The molecule has 1 unspecified atom stereocenters. The topological polar surface area (TPSA) is 128 Å². The molecule has 0 aliphatic carbocycles. The van der Waals surface area contributed by atoms with Crippen LogP contribution in [0.25, 0.3) is 0 Å². The molecule has 116 valence electrons. The summed E-state index contributed by atoms with van der Waals surface area (Å²) in [5.41, 5.74) is -0.143. The Balaban J connectivity index is 2.89. The lowest BCUT2D eigenvalue weighted by Crippen LogP contribution is -2.33. The highest BCUT2D eigenvalue weighted by atomic mass is 31.2. The number of carboxylic acids is 1. The second-order valence-electron chi connectivity index (χ2n) is 4.12. The zero-order valence-electron chi connectivity index (χ0n) is 11.4. The summed E-state index contributed by atoms with van der Waals surface area (Å²) < 4.78 is 22.5. The van der Waals surface area contributed by atoms with Crippen molar-refractivity contribution in [1.29, 1.82) is 0 Å². The highest BCUT2D eigenvalue weighted by molar-refractivity contribution is 7.57. The smallest absolute Gasteiger partial charge is 0.342 e. The van der Waals surface area contributed by atoms with Gasteiger partial charge in [-0.3, -0.25) is 19.5 Å². The van der Waals surface area contributed by atoms with Gasteiger partial charge in [0.25, 0.3) is 5.69 Å². The molecule has 0 aliphatic rings. The molecule has 1 rings (SSSR count). The van der Waals surface area contributed by atoms with E-state index >= 15 is 0 Å². The Kier molecular flexibility index (Phi) is 5.83. The number of rotatable bonds is 8. The van der Waals surface area contributed by atoms with E-state index in [-0.39, 0.29) is 17.8 Å². The first-order valence-electron chi connectivity index (χ1n) is 5.80. The van der Waals surface area contributed by atoms with Crippen molar-refractivity contribution in [2.45, 2.75) is 13.0 Å². The van der Waals surface area contributed by atoms with Crippen LogP contribution in [0.5, 0.6) is 5.75 Å². The Hall–Kier alpha value is -1.96. The lowest BCUT2D eigenvalue weighted by molar-refractivity contribution is -0.384. The lowest BCUT2D eigenvalue weighted by atomic mass is 10.3. The van der Waals surface area contributed by atoms with E-state index < -0.39 is 24.5 Å². The van der Waals surface area contributed by atoms with E-state index in [2.05, 4.69) is 5.09 Å². The van der Waals surface area contributed by atoms with Crippen LogP contribution in [0.15, 0.2) is 24.3 Å². The molecule has 10 heteroatoms. The Labute approximate surface area is 120 Å². The molecule has 0 fully saturated rings. The molecule has 0 aliphatic heterocycles. The number of methoxy groups -OCH3 is 1. The average Bonchev–Trinajstić information content (AvgIpc) is 2.39. The summed E-state index contributed by atoms with van der Waals surface area (Å²) in [6, 6.07) is 3.81. The molecule has 2 atom stereocenters. The number of ether oxygens (including phenoxy) is 1. The van der Waals surface area contributed by atoms with Gasteiger partial charge in [-0.2, -0.15) is 0 Å². The highest BCUT2D eigenvalue weighted by Crippen LogP contribution is 2.43. The van der Waals surface area contributed by atoms with Gasteiger partial charge in [0.15, 0.2) is 0 Å². The average molecular weight is 318 g/mol. The van der Waals surface area contributed by atoms with Gasteiger partial charge in [0.05, 0.1) is 4.92 Å². The summed E-state index contributed by atoms with van der Waals surface area (Å²) in [6.07, 6.45) is -0.346. The quantitative estimate of drug-likeness (QED) is 0.422. The van der Waals surface area contributed by atoms with Gasteiger partial charge in [-0.1, -0.05) is 0 Å². The monoisotopic (exact) mass is 318 g/mol. The second-order valence-corrected chi connectivity index (χ2v) is 6.17. The first-order chi connectivity index (χ1) is 9.77. The van der Waals surface area contributed by atoms with Gasteiger partial charge in [0, 0.05) is 19.2 Å². The van der Waals surface area contributed by atoms with Crippen molar-refractivity contribution in [1.82, 2.24) is 5.09 Å². The fraction of sp³-hybridized carbons (Fsp3) is 0.364. The first-order valence-corrected chi connectivity index (χ1v) is 7.61. The van der Waals surface area contributed by atoms with Crippen molar-refractivity contribution in [3.8, 4) is 5.75 Å². The zero-order valence-corrected chi connectivity index (χ0v) is 12.3. The van der Waals surface area contributed by atoms with E-state index in [1.54, 1.807) is 0 Å². The van der Waals surface area contributed by atoms with Gasteiger partial charge in [0.2, 0.25) is 0 Å². The van der Waals surface area contributed by atoms with Crippen LogP contribution >= 0.6 is 7.52 Å². The summed E-state index contributed by atoms with van der Waals surface area (Å²) in [7, 11) is -2.32. The van der Waals surface area contributed by atoms with E-state index in [1.807, 2.05) is 0 Å². The number of nitrogens with one attached hydrogen (secondary N) is 1. The van der Waals surface area contributed by atoms with Crippen LogP contribution in [-0.2, 0) is 14.1 Å². The number of hydrogen-bond donors (Lipinski definition) is 2. The predicted octanol–water partition coefficient (Wildman–Crippen LogP) is 1.83. The molecule has 0 radical (unpaired) electrons. The van der Waals surface area contributed by atoms with E-state index in [0.29, 0.717) is 0 Å². The number of carbonyl (C=O) groups is 1. The van der Waals surface area contributed by atoms with E-state index in [1.165, 1.54) is 38.3 Å². The molecule has 1 aromatic rings. The number of aliphatic carboxylic acids is 1. The van der Waals surface area contributed by atoms with Crippen molar-refractivity contribution < 1.29 is 28.7 Å². The number of nitro groups is 1. The Bertz CT molecular complexity index is 560. The summed E-state index contributed by atoms with van der Waals surface area (Å²) in [6.45, 7) is 1.31. The van der Waals surface area contributed by atoms with Crippen molar-refractivity contribution in [3.63, 3.8) is 0 Å². The molecular formula is C11H15N2O7P. The van der Waals surface area contributed by atoms with Gasteiger partial charge in [-0.15, -0.1) is 0 Å². The Morgan fingerprint density at radius 3 is 2.48 bits per heavy atom. The Morgan fingerprint density at radius 2 is 2.05 bits per heavy atom. The minimum atomic E-state index is -3.61. The van der Waals surface area contributed by atoms with Crippen LogP contribution < -0.4 is 9.61 Å². The molecule has 2 N–H and O–H groups in total. The molecule has 0 heterocycles. The van der Waals surface area contributed by atoms with Crippen LogP contribution in [0.3, 0.4) is 0 Å². The molecular weight excluding hydrogens is 303 g/mol. The summed E-state index contributed by atoms with van der Waals surface area (Å²) in [4.78, 5) is 20.8. The maximum Gasteiger partial charge on any atom is 0.342 e. The zero-order chi connectivity index (χ0) is 16.0. The summed E-state index contributed by atoms with van der Waals surface area (Å²) >= 11 is 0.